The largest absolute Gasteiger partial charge is 0.486 e. The van der Waals surface area contributed by atoms with Crippen molar-refractivity contribution in [2.75, 3.05) is 13.1 Å². The van der Waals surface area contributed by atoms with Gasteiger partial charge in [-0.15, -0.1) is 11.3 Å². The van der Waals surface area contributed by atoms with Gasteiger partial charge in [-0.25, -0.2) is 4.98 Å². The zero-order valence-electron chi connectivity index (χ0n) is 18.8. The van der Waals surface area contributed by atoms with E-state index in [1.807, 2.05) is 33.8 Å². The van der Waals surface area contributed by atoms with Crippen LogP contribution in [0.2, 0.25) is 0 Å². The van der Waals surface area contributed by atoms with E-state index in [1.165, 1.54) is 11.3 Å². The number of hydrogen-bond acceptors (Lipinski definition) is 5. The maximum Gasteiger partial charge on any atom is 0.270 e. The molecule has 1 aromatic heterocycles. The van der Waals surface area contributed by atoms with Crippen LogP contribution in [-0.4, -0.2) is 29.9 Å². The zero-order chi connectivity index (χ0) is 22.3. The fourth-order valence-electron chi connectivity index (χ4n) is 2.88. The van der Waals surface area contributed by atoms with Crippen LogP contribution in [0.4, 0.5) is 0 Å². The van der Waals surface area contributed by atoms with E-state index in [4.69, 9.17) is 4.74 Å². The van der Waals surface area contributed by atoms with Crippen molar-refractivity contribution in [1.82, 2.24) is 15.6 Å². The first-order valence-electron chi connectivity index (χ1n) is 10.3. The van der Waals surface area contributed by atoms with E-state index in [-0.39, 0.29) is 17.2 Å². The Kier molecular flexibility index (Phi) is 8.41. The number of amides is 2. The topological polar surface area (TPSA) is 80.3 Å². The number of carbonyl (C=O) groups is 2. The molecule has 0 bridgehead atoms. The third-order valence-corrected chi connectivity index (χ3v) is 5.17. The number of thiazole rings is 1. The van der Waals surface area contributed by atoms with Gasteiger partial charge in [-0.1, -0.05) is 46.8 Å². The molecule has 0 aliphatic rings. The Morgan fingerprint density at radius 2 is 1.87 bits per heavy atom. The lowest BCUT2D eigenvalue weighted by Gasteiger charge is -2.17. The monoisotopic (exact) mass is 431 g/mol. The molecule has 0 atom stereocenters. The summed E-state index contributed by atoms with van der Waals surface area (Å²) in [7, 11) is 0. The van der Waals surface area contributed by atoms with Crippen LogP contribution in [0.1, 0.15) is 73.6 Å². The maximum absolute atomic E-state index is 12.3. The minimum absolute atomic E-state index is 0.0123. The predicted octanol–water partition coefficient (Wildman–Crippen LogP) is 4.44. The lowest BCUT2D eigenvalue weighted by Crippen LogP contribution is -2.36. The highest BCUT2D eigenvalue weighted by molar-refractivity contribution is 7.09. The number of rotatable bonds is 9. The second kappa shape index (κ2) is 10.6. The first kappa shape index (κ1) is 23.9. The van der Waals surface area contributed by atoms with Gasteiger partial charge in [-0.3, -0.25) is 9.59 Å². The molecule has 2 amide bonds. The Morgan fingerprint density at radius 1 is 1.17 bits per heavy atom. The summed E-state index contributed by atoms with van der Waals surface area (Å²) in [6.45, 7) is 13.4. The van der Waals surface area contributed by atoms with Gasteiger partial charge in [-0.05, 0) is 35.4 Å². The molecule has 0 aliphatic carbocycles. The summed E-state index contributed by atoms with van der Waals surface area (Å²) in [5.74, 6) is 0.960. The Hall–Kier alpha value is -2.41. The van der Waals surface area contributed by atoms with E-state index in [0.29, 0.717) is 37.7 Å². The number of nitrogens with zero attached hydrogens (tertiary/aromatic N) is 1. The molecule has 2 N–H and O–H groups in total. The zero-order valence-corrected chi connectivity index (χ0v) is 19.6. The summed E-state index contributed by atoms with van der Waals surface area (Å²) in [6, 6.07) is 6.21. The fourth-order valence-corrected chi connectivity index (χ4v) is 3.56. The van der Waals surface area contributed by atoms with Gasteiger partial charge in [0.15, 0.2) is 0 Å². The molecule has 0 saturated heterocycles. The summed E-state index contributed by atoms with van der Waals surface area (Å²) in [4.78, 5) is 28.5. The van der Waals surface area contributed by atoms with Crippen LogP contribution in [0.5, 0.6) is 5.75 Å². The highest BCUT2D eigenvalue weighted by Gasteiger charge is 2.16. The third-order valence-electron chi connectivity index (χ3n) is 4.35. The normalized spacial score (nSPS) is 11.4. The maximum atomic E-state index is 12.3. The van der Waals surface area contributed by atoms with Gasteiger partial charge in [0.2, 0.25) is 5.91 Å². The van der Waals surface area contributed by atoms with Gasteiger partial charge >= 0.3 is 0 Å². The molecule has 0 spiro atoms. The van der Waals surface area contributed by atoms with Crippen LogP contribution in [0.3, 0.4) is 0 Å². The van der Waals surface area contributed by atoms with Gasteiger partial charge in [0.05, 0.1) is 0 Å². The Bertz CT molecular complexity index is 869. The van der Waals surface area contributed by atoms with E-state index in [0.717, 1.165) is 21.9 Å². The SMILES string of the molecule is Cc1ccc(C(C)C)c(OCc2nc(C(=O)NCCNC(=O)CC(C)(C)C)cs2)c1. The Balaban J connectivity index is 1.82. The molecular weight excluding hydrogens is 398 g/mol. The van der Waals surface area contributed by atoms with Gasteiger partial charge in [-0.2, -0.15) is 0 Å². The van der Waals surface area contributed by atoms with Crippen molar-refractivity contribution < 1.29 is 14.3 Å². The number of hydrogen-bond donors (Lipinski definition) is 2. The average molecular weight is 432 g/mol. The molecule has 164 valence electrons. The van der Waals surface area contributed by atoms with Gasteiger partial charge in [0, 0.05) is 24.9 Å². The van der Waals surface area contributed by atoms with E-state index >= 15 is 0 Å². The molecule has 0 unspecified atom stereocenters. The molecule has 1 aromatic carbocycles. The van der Waals surface area contributed by atoms with Crippen molar-refractivity contribution in [3.63, 3.8) is 0 Å². The molecule has 0 aliphatic heterocycles. The van der Waals surface area contributed by atoms with Crippen LogP contribution < -0.4 is 15.4 Å². The van der Waals surface area contributed by atoms with Crippen LogP contribution >= 0.6 is 11.3 Å². The molecule has 2 rings (SSSR count). The second-order valence-corrected chi connectivity index (χ2v) is 9.90. The molecule has 2 aromatic rings. The first-order valence-corrected chi connectivity index (χ1v) is 11.2. The fraction of sp³-hybridized carbons (Fsp3) is 0.522. The Labute approximate surface area is 183 Å². The number of aryl methyl sites for hydroxylation is 1. The molecule has 0 fully saturated rings. The van der Waals surface area contributed by atoms with Crippen molar-refractivity contribution in [2.45, 2.75) is 60.5 Å². The minimum Gasteiger partial charge on any atom is -0.486 e. The van der Waals surface area contributed by atoms with Crippen molar-refractivity contribution in [3.8, 4) is 5.75 Å². The smallest absolute Gasteiger partial charge is 0.270 e. The summed E-state index contributed by atoms with van der Waals surface area (Å²) in [6.07, 6.45) is 0.454. The number of nitrogens with one attached hydrogen (secondary N) is 2. The lowest BCUT2D eigenvalue weighted by atomic mass is 9.92. The van der Waals surface area contributed by atoms with Gasteiger partial charge in [0.25, 0.3) is 5.91 Å². The summed E-state index contributed by atoms with van der Waals surface area (Å²) >= 11 is 1.40. The number of aromatic nitrogens is 1. The number of carbonyl (C=O) groups excluding carboxylic acids is 2. The summed E-state index contributed by atoms with van der Waals surface area (Å²) < 4.78 is 5.99. The molecule has 0 radical (unpaired) electrons. The summed E-state index contributed by atoms with van der Waals surface area (Å²) in [5.41, 5.74) is 2.61. The number of benzene rings is 1. The summed E-state index contributed by atoms with van der Waals surface area (Å²) in [5, 5.41) is 8.08. The Morgan fingerprint density at radius 3 is 2.53 bits per heavy atom. The second-order valence-electron chi connectivity index (χ2n) is 8.95. The van der Waals surface area contributed by atoms with Gasteiger partial charge in [0.1, 0.15) is 23.1 Å². The van der Waals surface area contributed by atoms with Crippen LogP contribution in [0, 0.1) is 12.3 Å². The predicted molar refractivity (Wildman–Crippen MR) is 121 cm³/mol. The van der Waals surface area contributed by atoms with Crippen LogP contribution in [0.25, 0.3) is 0 Å². The third kappa shape index (κ3) is 7.78. The first-order chi connectivity index (χ1) is 14.0. The van der Waals surface area contributed by atoms with Crippen molar-refractivity contribution in [2.24, 2.45) is 5.41 Å². The minimum atomic E-state index is -0.249. The average Bonchev–Trinajstić information content (AvgIpc) is 3.11. The van der Waals surface area contributed by atoms with Gasteiger partial charge < -0.3 is 15.4 Å². The molecule has 0 saturated carbocycles. The van der Waals surface area contributed by atoms with E-state index in [2.05, 4.69) is 41.6 Å². The molecule has 6 nitrogen and oxygen atoms in total. The standard InChI is InChI=1S/C23H33N3O3S/c1-15(2)17-8-7-16(3)11-19(17)29-13-21-26-18(14-30-21)22(28)25-10-9-24-20(27)12-23(4,5)6/h7-8,11,14-15H,9-10,12-13H2,1-6H3,(H,24,27)(H,25,28). The molecule has 30 heavy (non-hydrogen) atoms. The number of ether oxygens (including phenoxy) is 1. The van der Waals surface area contributed by atoms with E-state index < -0.39 is 0 Å². The highest BCUT2D eigenvalue weighted by Crippen LogP contribution is 2.28. The van der Waals surface area contributed by atoms with Crippen molar-refractivity contribution >= 4 is 23.2 Å². The van der Waals surface area contributed by atoms with Crippen LogP contribution in [0.15, 0.2) is 23.6 Å². The lowest BCUT2D eigenvalue weighted by molar-refractivity contribution is -0.122. The van der Waals surface area contributed by atoms with Crippen LogP contribution in [-0.2, 0) is 11.4 Å². The molecule has 7 heteroatoms. The molecule has 1 heterocycles. The van der Waals surface area contributed by atoms with Crippen molar-refractivity contribution in [3.05, 3.63) is 45.4 Å². The molecular formula is C23H33N3O3S. The van der Waals surface area contributed by atoms with E-state index in [1.54, 1.807) is 5.38 Å². The quantitative estimate of drug-likeness (QED) is 0.576. The van der Waals surface area contributed by atoms with E-state index in [9.17, 15) is 9.59 Å². The van der Waals surface area contributed by atoms with Crippen molar-refractivity contribution in [1.29, 1.82) is 0 Å². The highest BCUT2D eigenvalue weighted by atomic mass is 32.1.